The van der Waals surface area contributed by atoms with Crippen molar-refractivity contribution in [1.29, 1.82) is 0 Å². The first-order valence-electron chi connectivity index (χ1n) is 11.1. The number of fused-ring (bicyclic) bond motifs is 1. The number of nitrogens with zero attached hydrogens (tertiary/aromatic N) is 1. The van der Waals surface area contributed by atoms with Crippen molar-refractivity contribution >= 4 is 35.3 Å². The number of hydrogen-bond acceptors (Lipinski definition) is 7. The Hall–Kier alpha value is -4.21. The predicted octanol–water partition coefficient (Wildman–Crippen LogP) is 2.25. The largest absolute Gasteiger partial charge is 0.494 e. The summed E-state index contributed by atoms with van der Waals surface area (Å²) in [6.45, 7) is 5.24. The monoisotopic (exact) mass is 481 g/mol. The number of rotatable bonds is 9. The molecule has 35 heavy (non-hydrogen) atoms. The number of amides is 4. The SMILES string of the molecule is CCOc1ccc(C(=O)N[C@H](C(=O)OCC(=O)Nc2ccc3c(c2)C(=O)N(C)C3=O)C(C)C)cc1. The molecule has 0 aromatic heterocycles. The summed E-state index contributed by atoms with van der Waals surface area (Å²) in [5.41, 5.74) is 1.07. The molecule has 1 heterocycles. The zero-order valence-corrected chi connectivity index (χ0v) is 19.9. The number of anilines is 1. The molecule has 0 saturated heterocycles. The van der Waals surface area contributed by atoms with E-state index >= 15 is 0 Å². The van der Waals surface area contributed by atoms with Crippen molar-refractivity contribution in [3.63, 3.8) is 0 Å². The Morgan fingerprint density at radius 1 is 0.971 bits per heavy atom. The quantitative estimate of drug-likeness (QED) is 0.415. The van der Waals surface area contributed by atoms with Gasteiger partial charge in [0.2, 0.25) is 0 Å². The van der Waals surface area contributed by atoms with Crippen molar-refractivity contribution in [3.8, 4) is 5.75 Å². The van der Waals surface area contributed by atoms with E-state index in [0.717, 1.165) is 4.90 Å². The number of benzene rings is 2. The highest BCUT2D eigenvalue weighted by molar-refractivity contribution is 6.21. The molecule has 0 fully saturated rings. The van der Waals surface area contributed by atoms with Crippen molar-refractivity contribution in [2.75, 3.05) is 25.6 Å². The highest BCUT2D eigenvalue weighted by Crippen LogP contribution is 2.24. The minimum atomic E-state index is -0.971. The Morgan fingerprint density at radius 3 is 2.26 bits per heavy atom. The number of carbonyl (C=O) groups excluding carboxylic acids is 5. The van der Waals surface area contributed by atoms with Gasteiger partial charge in [0, 0.05) is 18.3 Å². The smallest absolute Gasteiger partial charge is 0.329 e. The highest BCUT2D eigenvalue weighted by atomic mass is 16.5. The maximum atomic E-state index is 12.6. The number of hydrogen-bond donors (Lipinski definition) is 2. The number of esters is 1. The second kappa shape index (κ2) is 10.8. The molecule has 3 rings (SSSR count). The predicted molar refractivity (Wildman–Crippen MR) is 126 cm³/mol. The molecule has 0 saturated carbocycles. The zero-order valence-electron chi connectivity index (χ0n) is 19.9. The Kier molecular flexibility index (Phi) is 7.85. The van der Waals surface area contributed by atoms with Crippen molar-refractivity contribution in [1.82, 2.24) is 10.2 Å². The third-order valence-electron chi connectivity index (χ3n) is 5.35. The second-order valence-electron chi connectivity index (χ2n) is 8.24. The molecule has 0 radical (unpaired) electrons. The molecule has 4 amide bonds. The molecule has 0 spiro atoms. The summed E-state index contributed by atoms with van der Waals surface area (Å²) >= 11 is 0. The highest BCUT2D eigenvalue weighted by Gasteiger charge is 2.33. The van der Waals surface area contributed by atoms with Gasteiger partial charge in [-0.1, -0.05) is 13.8 Å². The third kappa shape index (κ3) is 5.84. The van der Waals surface area contributed by atoms with Crippen LogP contribution in [0.25, 0.3) is 0 Å². The Balaban J connectivity index is 1.56. The van der Waals surface area contributed by atoms with Gasteiger partial charge in [-0.05, 0) is 55.3 Å². The van der Waals surface area contributed by atoms with E-state index in [9.17, 15) is 24.0 Å². The molecule has 2 aromatic rings. The summed E-state index contributed by atoms with van der Waals surface area (Å²) in [6, 6.07) is 9.85. The first-order chi connectivity index (χ1) is 16.6. The van der Waals surface area contributed by atoms with Crippen LogP contribution in [0.4, 0.5) is 5.69 Å². The van der Waals surface area contributed by atoms with E-state index in [2.05, 4.69) is 10.6 Å². The zero-order chi connectivity index (χ0) is 25.7. The van der Waals surface area contributed by atoms with E-state index < -0.39 is 42.2 Å². The van der Waals surface area contributed by atoms with Crippen LogP contribution in [0.5, 0.6) is 5.75 Å². The van der Waals surface area contributed by atoms with E-state index in [0.29, 0.717) is 17.9 Å². The van der Waals surface area contributed by atoms with Gasteiger partial charge >= 0.3 is 5.97 Å². The molecule has 2 aromatic carbocycles. The van der Waals surface area contributed by atoms with Crippen LogP contribution in [-0.4, -0.2) is 60.8 Å². The van der Waals surface area contributed by atoms with Crippen LogP contribution in [0, 0.1) is 5.92 Å². The van der Waals surface area contributed by atoms with E-state index in [-0.39, 0.29) is 22.7 Å². The van der Waals surface area contributed by atoms with Gasteiger partial charge in [-0.25, -0.2) is 4.79 Å². The lowest BCUT2D eigenvalue weighted by Gasteiger charge is -2.21. The first kappa shape index (κ1) is 25.4. The van der Waals surface area contributed by atoms with Gasteiger partial charge in [0.1, 0.15) is 11.8 Å². The second-order valence-corrected chi connectivity index (χ2v) is 8.24. The molecule has 10 heteroatoms. The topological polar surface area (TPSA) is 131 Å². The minimum absolute atomic E-state index is 0.184. The molecule has 0 bridgehead atoms. The van der Waals surface area contributed by atoms with E-state index in [1.165, 1.54) is 25.2 Å². The summed E-state index contributed by atoms with van der Waals surface area (Å²) in [7, 11) is 1.38. The molecule has 1 aliphatic heterocycles. The van der Waals surface area contributed by atoms with Crippen LogP contribution < -0.4 is 15.4 Å². The normalized spacial score (nSPS) is 13.3. The van der Waals surface area contributed by atoms with E-state index in [1.807, 2.05) is 6.92 Å². The maximum Gasteiger partial charge on any atom is 0.329 e. The molecule has 1 atom stereocenters. The van der Waals surface area contributed by atoms with Crippen molar-refractivity contribution in [2.24, 2.45) is 5.92 Å². The Bertz CT molecular complexity index is 1160. The summed E-state index contributed by atoms with van der Waals surface area (Å²) in [5.74, 6) is -2.40. The number of imide groups is 1. The van der Waals surface area contributed by atoms with Gasteiger partial charge in [-0.3, -0.25) is 24.1 Å². The fourth-order valence-corrected chi connectivity index (χ4v) is 3.45. The van der Waals surface area contributed by atoms with Gasteiger partial charge in [0.25, 0.3) is 23.6 Å². The van der Waals surface area contributed by atoms with Gasteiger partial charge in [0.05, 0.1) is 17.7 Å². The van der Waals surface area contributed by atoms with Gasteiger partial charge < -0.3 is 20.1 Å². The number of carbonyl (C=O) groups is 5. The van der Waals surface area contributed by atoms with Crippen LogP contribution in [-0.2, 0) is 14.3 Å². The van der Waals surface area contributed by atoms with E-state index in [4.69, 9.17) is 9.47 Å². The fourth-order valence-electron chi connectivity index (χ4n) is 3.45. The van der Waals surface area contributed by atoms with Crippen LogP contribution >= 0.6 is 0 Å². The van der Waals surface area contributed by atoms with Gasteiger partial charge in [0.15, 0.2) is 6.61 Å². The average molecular weight is 482 g/mol. The van der Waals surface area contributed by atoms with E-state index in [1.54, 1.807) is 38.1 Å². The summed E-state index contributed by atoms with van der Waals surface area (Å²) in [4.78, 5) is 62.6. The molecule has 0 aliphatic carbocycles. The summed E-state index contributed by atoms with van der Waals surface area (Å²) in [6.07, 6.45) is 0. The van der Waals surface area contributed by atoms with Crippen LogP contribution in [0.1, 0.15) is 51.8 Å². The van der Waals surface area contributed by atoms with Crippen LogP contribution in [0.2, 0.25) is 0 Å². The van der Waals surface area contributed by atoms with Crippen LogP contribution in [0.15, 0.2) is 42.5 Å². The molecule has 10 nitrogen and oxygen atoms in total. The lowest BCUT2D eigenvalue weighted by molar-refractivity contribution is -0.150. The summed E-state index contributed by atoms with van der Waals surface area (Å²) < 4.78 is 10.5. The molecule has 0 unspecified atom stereocenters. The number of nitrogens with one attached hydrogen (secondary N) is 2. The van der Waals surface area contributed by atoms with Crippen LogP contribution in [0.3, 0.4) is 0 Å². The van der Waals surface area contributed by atoms with Crippen molar-refractivity contribution < 1.29 is 33.4 Å². The minimum Gasteiger partial charge on any atom is -0.494 e. The van der Waals surface area contributed by atoms with Crippen molar-refractivity contribution in [2.45, 2.75) is 26.8 Å². The lowest BCUT2D eigenvalue weighted by atomic mass is 10.0. The molecular formula is C25H27N3O7. The fraction of sp³-hybridized carbons (Fsp3) is 0.320. The standard InChI is InChI=1S/C25H27N3O7/c1-5-34-17-9-6-15(7-10-17)22(30)27-21(14(2)3)25(33)35-13-20(29)26-16-8-11-18-19(12-16)24(32)28(4)23(18)31/h6-12,14,21H,5,13H2,1-4H3,(H,26,29)(H,27,30)/t21-/m0/s1. The third-order valence-corrected chi connectivity index (χ3v) is 5.35. The average Bonchev–Trinajstić information content (AvgIpc) is 3.05. The Morgan fingerprint density at radius 2 is 1.63 bits per heavy atom. The molecule has 2 N–H and O–H groups in total. The van der Waals surface area contributed by atoms with Gasteiger partial charge in [-0.15, -0.1) is 0 Å². The van der Waals surface area contributed by atoms with Crippen molar-refractivity contribution in [3.05, 3.63) is 59.2 Å². The lowest BCUT2D eigenvalue weighted by Crippen LogP contribution is -2.45. The first-order valence-corrected chi connectivity index (χ1v) is 11.1. The summed E-state index contributed by atoms with van der Waals surface area (Å²) in [5, 5.41) is 5.17. The number of ether oxygens (including phenoxy) is 2. The molecule has 1 aliphatic rings. The molecule has 184 valence electrons. The molecular weight excluding hydrogens is 454 g/mol. The maximum absolute atomic E-state index is 12.6. The Labute approximate surface area is 202 Å². The van der Waals surface area contributed by atoms with Gasteiger partial charge in [-0.2, -0.15) is 0 Å².